The third-order valence-corrected chi connectivity index (χ3v) is 5.89. The summed E-state index contributed by atoms with van der Waals surface area (Å²) in [7, 11) is -1.99. The van der Waals surface area contributed by atoms with E-state index >= 15 is 0 Å². The fourth-order valence-corrected chi connectivity index (χ4v) is 4.27. The van der Waals surface area contributed by atoms with Crippen molar-refractivity contribution in [3.05, 3.63) is 48.7 Å². The van der Waals surface area contributed by atoms with Crippen LogP contribution in [0.2, 0.25) is 0 Å². The quantitative estimate of drug-likeness (QED) is 0.640. The van der Waals surface area contributed by atoms with Crippen LogP contribution in [0.25, 0.3) is 0 Å². The molecule has 29 heavy (non-hydrogen) atoms. The van der Waals surface area contributed by atoms with Crippen molar-refractivity contribution in [3.8, 4) is 0 Å². The second-order valence-electron chi connectivity index (χ2n) is 7.04. The second-order valence-corrected chi connectivity index (χ2v) is 8.67. The molecule has 0 unspecified atom stereocenters. The van der Waals surface area contributed by atoms with E-state index in [9.17, 15) is 8.42 Å². The average Bonchev–Trinajstić information content (AvgIpc) is 3.35. The van der Waals surface area contributed by atoms with Crippen LogP contribution >= 0.6 is 0 Å². The molecule has 0 spiro atoms. The molecule has 2 aromatic heterocycles. The van der Waals surface area contributed by atoms with E-state index in [1.54, 1.807) is 35.9 Å². The molecule has 1 saturated heterocycles. The highest BCUT2D eigenvalue weighted by Gasteiger charge is 2.17. The summed E-state index contributed by atoms with van der Waals surface area (Å²) in [4.78, 5) is 15.1. The van der Waals surface area contributed by atoms with E-state index in [2.05, 4.69) is 29.9 Å². The third-order valence-electron chi connectivity index (χ3n) is 4.62. The van der Waals surface area contributed by atoms with E-state index in [0.29, 0.717) is 17.3 Å². The first-order chi connectivity index (χ1) is 13.9. The lowest BCUT2D eigenvalue weighted by atomic mass is 10.3. The molecule has 3 aromatic rings. The number of rotatable bonds is 6. The Hall–Kier alpha value is -3.14. The van der Waals surface area contributed by atoms with Crippen molar-refractivity contribution < 1.29 is 8.42 Å². The standard InChI is InChI=1S/C19H23N7O2S/c1-14-21-17(11-18(22-14)26-9-3-4-10-26)23-15-5-7-16(8-6-15)24-29(27,28)19-12-25(2)13-20-19/h5-8,11-13,24H,3-4,9-10H2,1-2H3,(H,21,22,23). The Morgan fingerprint density at radius 3 is 2.38 bits per heavy atom. The third kappa shape index (κ3) is 4.48. The lowest BCUT2D eigenvalue weighted by Gasteiger charge is -2.18. The first-order valence-electron chi connectivity index (χ1n) is 9.37. The van der Waals surface area contributed by atoms with Gasteiger partial charge in [0.05, 0.1) is 6.33 Å². The summed E-state index contributed by atoms with van der Waals surface area (Å²) < 4.78 is 28.9. The predicted octanol–water partition coefficient (Wildman–Crippen LogP) is 2.66. The number of hydrogen-bond acceptors (Lipinski definition) is 7. The van der Waals surface area contributed by atoms with Crippen LogP contribution in [-0.4, -0.2) is 41.0 Å². The lowest BCUT2D eigenvalue weighted by Crippen LogP contribution is -2.19. The van der Waals surface area contributed by atoms with Gasteiger partial charge in [0, 0.05) is 43.8 Å². The minimum Gasteiger partial charge on any atom is -0.356 e. The summed E-state index contributed by atoms with van der Waals surface area (Å²) in [5.41, 5.74) is 1.26. The summed E-state index contributed by atoms with van der Waals surface area (Å²) in [5.74, 6) is 2.34. The molecule has 10 heteroatoms. The van der Waals surface area contributed by atoms with Gasteiger partial charge in [-0.25, -0.2) is 15.0 Å². The van der Waals surface area contributed by atoms with Gasteiger partial charge in [0.25, 0.3) is 10.0 Å². The highest BCUT2D eigenvalue weighted by Crippen LogP contribution is 2.24. The summed E-state index contributed by atoms with van der Waals surface area (Å²) in [6.45, 7) is 3.91. The van der Waals surface area contributed by atoms with Gasteiger partial charge < -0.3 is 14.8 Å². The molecule has 1 aliphatic heterocycles. The number of hydrogen-bond donors (Lipinski definition) is 2. The topological polar surface area (TPSA) is 105 Å². The largest absolute Gasteiger partial charge is 0.356 e. The molecule has 3 heterocycles. The van der Waals surface area contributed by atoms with Crippen LogP contribution in [0, 0.1) is 6.92 Å². The molecule has 9 nitrogen and oxygen atoms in total. The van der Waals surface area contributed by atoms with Crippen molar-refractivity contribution >= 4 is 33.0 Å². The number of nitrogens with one attached hydrogen (secondary N) is 2. The molecule has 1 aliphatic rings. The van der Waals surface area contributed by atoms with Crippen LogP contribution in [0.15, 0.2) is 47.9 Å². The fraction of sp³-hybridized carbons (Fsp3) is 0.316. The number of anilines is 4. The number of benzene rings is 1. The average molecular weight is 414 g/mol. The number of sulfonamides is 1. The molecule has 152 valence electrons. The summed E-state index contributed by atoms with van der Waals surface area (Å²) >= 11 is 0. The normalized spacial score (nSPS) is 14.2. The molecule has 2 N–H and O–H groups in total. The minimum absolute atomic E-state index is 0.0203. The van der Waals surface area contributed by atoms with E-state index in [1.807, 2.05) is 13.0 Å². The maximum absolute atomic E-state index is 12.4. The van der Waals surface area contributed by atoms with Gasteiger partial charge >= 0.3 is 0 Å². The fourth-order valence-electron chi connectivity index (χ4n) is 3.23. The molecule has 0 saturated carbocycles. The zero-order chi connectivity index (χ0) is 20.4. The Morgan fingerprint density at radius 1 is 1.03 bits per heavy atom. The molecule has 1 fully saturated rings. The van der Waals surface area contributed by atoms with Crippen LogP contribution in [0.1, 0.15) is 18.7 Å². The zero-order valence-corrected chi connectivity index (χ0v) is 17.1. The van der Waals surface area contributed by atoms with Crippen molar-refractivity contribution in [1.29, 1.82) is 0 Å². The molecule has 0 bridgehead atoms. The summed E-state index contributed by atoms with van der Waals surface area (Å²) in [6.07, 6.45) is 5.26. The van der Waals surface area contributed by atoms with Gasteiger partial charge in [-0.1, -0.05) is 0 Å². The van der Waals surface area contributed by atoms with Gasteiger partial charge in [0.15, 0.2) is 5.03 Å². The van der Waals surface area contributed by atoms with E-state index in [-0.39, 0.29) is 5.03 Å². The van der Waals surface area contributed by atoms with Crippen molar-refractivity contribution in [3.63, 3.8) is 0 Å². The molecular weight excluding hydrogens is 390 g/mol. The molecule has 0 aliphatic carbocycles. The number of imidazole rings is 1. The van der Waals surface area contributed by atoms with E-state index in [1.165, 1.54) is 25.4 Å². The number of nitrogens with zero attached hydrogens (tertiary/aromatic N) is 5. The van der Waals surface area contributed by atoms with Gasteiger partial charge in [-0.3, -0.25) is 4.72 Å². The van der Waals surface area contributed by atoms with Crippen LogP contribution in [0.4, 0.5) is 23.0 Å². The maximum atomic E-state index is 12.4. The Balaban J connectivity index is 1.47. The predicted molar refractivity (Wildman–Crippen MR) is 112 cm³/mol. The molecule has 0 atom stereocenters. The van der Waals surface area contributed by atoms with Crippen LogP contribution in [0.5, 0.6) is 0 Å². The molecule has 4 rings (SSSR count). The number of aryl methyl sites for hydroxylation is 2. The van der Waals surface area contributed by atoms with Gasteiger partial charge in [-0.2, -0.15) is 8.42 Å². The SMILES string of the molecule is Cc1nc(Nc2ccc(NS(=O)(=O)c3cn(C)cn3)cc2)cc(N2CCCC2)n1. The van der Waals surface area contributed by atoms with E-state index < -0.39 is 10.0 Å². The van der Waals surface area contributed by atoms with Crippen molar-refractivity contribution in [1.82, 2.24) is 19.5 Å². The second kappa shape index (κ2) is 7.70. The van der Waals surface area contributed by atoms with Crippen LogP contribution < -0.4 is 14.9 Å². The van der Waals surface area contributed by atoms with Crippen LogP contribution in [0.3, 0.4) is 0 Å². The Morgan fingerprint density at radius 2 is 1.72 bits per heavy atom. The summed E-state index contributed by atoms with van der Waals surface area (Å²) in [5, 5.41) is 3.24. The molecular formula is C19H23N7O2S. The van der Waals surface area contributed by atoms with Gasteiger partial charge in [0.1, 0.15) is 17.5 Å². The Labute approximate surface area is 169 Å². The maximum Gasteiger partial charge on any atom is 0.280 e. The highest BCUT2D eigenvalue weighted by molar-refractivity contribution is 7.92. The van der Waals surface area contributed by atoms with Crippen molar-refractivity contribution in [2.45, 2.75) is 24.8 Å². The van der Waals surface area contributed by atoms with Crippen molar-refractivity contribution in [2.75, 3.05) is 28.0 Å². The van der Waals surface area contributed by atoms with E-state index in [0.717, 1.165) is 24.6 Å². The smallest absolute Gasteiger partial charge is 0.280 e. The summed E-state index contributed by atoms with van der Waals surface area (Å²) in [6, 6.07) is 8.92. The first-order valence-corrected chi connectivity index (χ1v) is 10.9. The van der Waals surface area contributed by atoms with Crippen molar-refractivity contribution in [2.24, 2.45) is 7.05 Å². The Bertz CT molecular complexity index is 1100. The first kappa shape index (κ1) is 19.2. The van der Waals surface area contributed by atoms with Gasteiger partial charge in [0.2, 0.25) is 0 Å². The monoisotopic (exact) mass is 413 g/mol. The molecule has 0 radical (unpaired) electrons. The molecule has 0 amide bonds. The van der Waals surface area contributed by atoms with Gasteiger partial charge in [-0.05, 0) is 44.0 Å². The number of aromatic nitrogens is 4. The van der Waals surface area contributed by atoms with Crippen LogP contribution in [-0.2, 0) is 17.1 Å². The molecule has 1 aromatic carbocycles. The Kier molecular flexibility index (Phi) is 5.10. The highest BCUT2D eigenvalue weighted by atomic mass is 32.2. The lowest BCUT2D eigenvalue weighted by molar-refractivity contribution is 0.598. The van der Waals surface area contributed by atoms with Gasteiger partial charge in [-0.15, -0.1) is 0 Å². The minimum atomic E-state index is -3.71. The zero-order valence-electron chi connectivity index (χ0n) is 16.3. The van der Waals surface area contributed by atoms with E-state index in [4.69, 9.17) is 0 Å².